The SMILES string of the molecule is COc1ccc(C(C)N(Cc2ccccn2)C(=O)c2oc3ccc(F)cc3c2C)cc1. The number of hydrogen-bond donors (Lipinski definition) is 0. The van der Waals surface area contributed by atoms with Gasteiger partial charge in [0, 0.05) is 17.1 Å². The van der Waals surface area contributed by atoms with Gasteiger partial charge in [0.05, 0.1) is 25.4 Å². The molecule has 0 fully saturated rings. The number of nitrogens with zero attached hydrogens (tertiary/aromatic N) is 2. The highest BCUT2D eigenvalue weighted by Gasteiger charge is 2.28. The third kappa shape index (κ3) is 4.14. The molecule has 0 bridgehead atoms. The summed E-state index contributed by atoms with van der Waals surface area (Å²) in [5.74, 6) is 0.307. The van der Waals surface area contributed by atoms with Crippen LogP contribution < -0.4 is 4.74 Å². The molecule has 2 aromatic heterocycles. The van der Waals surface area contributed by atoms with Crippen molar-refractivity contribution in [2.45, 2.75) is 26.4 Å². The first-order chi connectivity index (χ1) is 15.0. The van der Waals surface area contributed by atoms with Crippen LogP contribution in [0.5, 0.6) is 5.75 Å². The number of carbonyl (C=O) groups is 1. The summed E-state index contributed by atoms with van der Waals surface area (Å²) in [5.41, 5.74) is 2.81. The summed E-state index contributed by atoms with van der Waals surface area (Å²) in [7, 11) is 1.61. The third-order valence-corrected chi connectivity index (χ3v) is 5.48. The van der Waals surface area contributed by atoms with E-state index in [1.54, 1.807) is 31.2 Å². The number of pyridine rings is 1. The lowest BCUT2D eigenvalue weighted by molar-refractivity contribution is 0.0640. The fraction of sp³-hybridized carbons (Fsp3) is 0.200. The molecule has 5 nitrogen and oxygen atoms in total. The zero-order chi connectivity index (χ0) is 22.0. The van der Waals surface area contributed by atoms with Gasteiger partial charge in [-0.3, -0.25) is 9.78 Å². The lowest BCUT2D eigenvalue weighted by Crippen LogP contribution is -2.33. The van der Waals surface area contributed by atoms with Gasteiger partial charge in [-0.1, -0.05) is 18.2 Å². The molecule has 0 aliphatic heterocycles. The maximum atomic E-state index is 13.7. The van der Waals surface area contributed by atoms with Crippen molar-refractivity contribution in [1.82, 2.24) is 9.88 Å². The number of hydrogen-bond acceptors (Lipinski definition) is 4. The minimum Gasteiger partial charge on any atom is -0.497 e. The minimum absolute atomic E-state index is 0.205. The number of aryl methyl sites for hydroxylation is 1. The van der Waals surface area contributed by atoms with Gasteiger partial charge in [0.1, 0.15) is 17.1 Å². The fourth-order valence-corrected chi connectivity index (χ4v) is 3.64. The molecular formula is C25H23FN2O3. The molecule has 2 aromatic carbocycles. The highest BCUT2D eigenvalue weighted by Crippen LogP contribution is 2.31. The van der Waals surface area contributed by atoms with Crippen LogP contribution in [-0.4, -0.2) is 22.9 Å². The van der Waals surface area contributed by atoms with E-state index in [2.05, 4.69) is 4.98 Å². The van der Waals surface area contributed by atoms with Crippen molar-refractivity contribution < 1.29 is 18.3 Å². The summed E-state index contributed by atoms with van der Waals surface area (Å²) in [6.45, 7) is 4.04. The van der Waals surface area contributed by atoms with E-state index in [1.165, 1.54) is 12.1 Å². The molecule has 0 saturated heterocycles. The fourth-order valence-electron chi connectivity index (χ4n) is 3.64. The average Bonchev–Trinajstić information content (AvgIpc) is 3.13. The molecule has 0 aliphatic carbocycles. The van der Waals surface area contributed by atoms with Crippen LogP contribution in [0.2, 0.25) is 0 Å². The molecule has 158 valence electrons. The first kappa shape index (κ1) is 20.6. The maximum Gasteiger partial charge on any atom is 0.290 e. The molecule has 0 N–H and O–H groups in total. The Balaban J connectivity index is 1.74. The molecule has 1 atom stereocenters. The van der Waals surface area contributed by atoms with Crippen molar-refractivity contribution in [3.8, 4) is 5.75 Å². The number of methoxy groups -OCH3 is 1. The first-order valence-electron chi connectivity index (χ1n) is 10.0. The van der Waals surface area contributed by atoms with Crippen molar-refractivity contribution in [3.63, 3.8) is 0 Å². The number of fused-ring (bicyclic) bond motifs is 1. The number of halogens is 1. The Bertz CT molecular complexity index is 1200. The van der Waals surface area contributed by atoms with Gasteiger partial charge in [-0.05, 0) is 61.9 Å². The molecule has 1 unspecified atom stereocenters. The molecule has 2 heterocycles. The van der Waals surface area contributed by atoms with E-state index in [4.69, 9.17) is 9.15 Å². The molecule has 4 aromatic rings. The van der Waals surface area contributed by atoms with Crippen LogP contribution >= 0.6 is 0 Å². The van der Waals surface area contributed by atoms with Crippen LogP contribution in [0.1, 0.15) is 40.3 Å². The average molecular weight is 418 g/mol. The van der Waals surface area contributed by atoms with E-state index >= 15 is 0 Å². The Morgan fingerprint density at radius 2 is 1.94 bits per heavy atom. The number of benzene rings is 2. The van der Waals surface area contributed by atoms with Crippen molar-refractivity contribution in [2.75, 3.05) is 7.11 Å². The highest BCUT2D eigenvalue weighted by molar-refractivity contribution is 5.99. The lowest BCUT2D eigenvalue weighted by Gasteiger charge is -2.29. The van der Waals surface area contributed by atoms with Crippen LogP contribution in [0.3, 0.4) is 0 Å². The van der Waals surface area contributed by atoms with E-state index in [0.717, 1.165) is 17.0 Å². The van der Waals surface area contributed by atoms with Crippen LogP contribution in [0.25, 0.3) is 11.0 Å². The number of carbonyl (C=O) groups excluding carboxylic acids is 1. The number of rotatable bonds is 6. The molecule has 0 spiro atoms. The quantitative estimate of drug-likeness (QED) is 0.404. The smallest absolute Gasteiger partial charge is 0.290 e. The summed E-state index contributed by atoms with van der Waals surface area (Å²) >= 11 is 0. The second kappa shape index (κ2) is 8.60. The number of furan rings is 1. The molecule has 1 amide bonds. The number of ether oxygens (including phenoxy) is 1. The van der Waals surface area contributed by atoms with Crippen molar-refractivity contribution in [1.29, 1.82) is 0 Å². The normalized spacial score (nSPS) is 12.0. The van der Waals surface area contributed by atoms with Gasteiger partial charge in [-0.15, -0.1) is 0 Å². The number of aromatic nitrogens is 1. The lowest BCUT2D eigenvalue weighted by atomic mass is 10.0. The van der Waals surface area contributed by atoms with E-state index in [0.29, 0.717) is 23.1 Å². The Morgan fingerprint density at radius 3 is 2.61 bits per heavy atom. The number of amides is 1. The largest absolute Gasteiger partial charge is 0.497 e. The Morgan fingerprint density at radius 1 is 1.16 bits per heavy atom. The maximum absolute atomic E-state index is 13.7. The van der Waals surface area contributed by atoms with Crippen molar-refractivity contribution in [2.24, 2.45) is 0 Å². The Hall–Kier alpha value is -3.67. The van der Waals surface area contributed by atoms with Gasteiger partial charge in [-0.2, -0.15) is 0 Å². The van der Waals surface area contributed by atoms with Gasteiger partial charge in [0.25, 0.3) is 5.91 Å². The van der Waals surface area contributed by atoms with E-state index in [-0.39, 0.29) is 23.5 Å². The Kier molecular flexibility index (Phi) is 5.71. The van der Waals surface area contributed by atoms with Crippen LogP contribution in [0.4, 0.5) is 4.39 Å². The summed E-state index contributed by atoms with van der Waals surface area (Å²) in [6, 6.07) is 17.2. The van der Waals surface area contributed by atoms with Gasteiger partial charge >= 0.3 is 0 Å². The van der Waals surface area contributed by atoms with E-state index in [1.807, 2.05) is 49.4 Å². The first-order valence-corrected chi connectivity index (χ1v) is 10.0. The second-order valence-corrected chi connectivity index (χ2v) is 7.40. The van der Waals surface area contributed by atoms with Crippen molar-refractivity contribution >= 4 is 16.9 Å². The van der Waals surface area contributed by atoms with Crippen LogP contribution in [0, 0.1) is 12.7 Å². The monoisotopic (exact) mass is 418 g/mol. The predicted octanol–water partition coefficient (Wildman–Crippen LogP) is 5.69. The van der Waals surface area contributed by atoms with Gasteiger partial charge < -0.3 is 14.1 Å². The topological polar surface area (TPSA) is 55.6 Å². The molecule has 31 heavy (non-hydrogen) atoms. The van der Waals surface area contributed by atoms with Gasteiger partial charge in [0.2, 0.25) is 0 Å². The summed E-state index contributed by atoms with van der Waals surface area (Å²) in [4.78, 5) is 19.7. The third-order valence-electron chi connectivity index (χ3n) is 5.48. The molecule has 0 aliphatic rings. The van der Waals surface area contributed by atoms with Crippen LogP contribution in [0.15, 0.2) is 71.3 Å². The summed E-state index contributed by atoms with van der Waals surface area (Å²) in [5, 5.41) is 0.596. The predicted molar refractivity (Wildman–Crippen MR) is 116 cm³/mol. The molecular weight excluding hydrogens is 395 g/mol. The zero-order valence-corrected chi connectivity index (χ0v) is 17.6. The van der Waals surface area contributed by atoms with Crippen molar-refractivity contribution in [3.05, 3.63) is 95.3 Å². The molecule has 4 rings (SSSR count). The highest BCUT2D eigenvalue weighted by atomic mass is 19.1. The second-order valence-electron chi connectivity index (χ2n) is 7.40. The summed E-state index contributed by atoms with van der Waals surface area (Å²) < 4.78 is 24.8. The van der Waals surface area contributed by atoms with E-state index in [9.17, 15) is 9.18 Å². The summed E-state index contributed by atoms with van der Waals surface area (Å²) in [6.07, 6.45) is 1.70. The zero-order valence-electron chi connectivity index (χ0n) is 17.6. The minimum atomic E-state index is -0.368. The van der Waals surface area contributed by atoms with Gasteiger partial charge in [-0.25, -0.2) is 4.39 Å². The molecule has 6 heteroatoms. The van der Waals surface area contributed by atoms with Crippen LogP contribution in [-0.2, 0) is 6.54 Å². The van der Waals surface area contributed by atoms with Gasteiger partial charge in [0.15, 0.2) is 5.76 Å². The Labute approximate surface area is 180 Å². The van der Waals surface area contributed by atoms with E-state index < -0.39 is 0 Å². The molecule has 0 saturated carbocycles. The standard InChI is InChI=1S/C25H23FN2O3/c1-16-22-14-19(26)9-12-23(22)31-24(16)25(29)28(15-20-6-4-5-13-27-20)17(2)18-7-10-21(30-3)11-8-18/h4-14,17H,15H2,1-3H3. The molecule has 0 radical (unpaired) electrons.